The van der Waals surface area contributed by atoms with Crippen LogP contribution in [0.3, 0.4) is 0 Å². The molecule has 0 saturated heterocycles. The van der Waals surface area contributed by atoms with Crippen LogP contribution in [0.5, 0.6) is 0 Å². The fourth-order valence-corrected chi connectivity index (χ4v) is 1.77. The summed E-state index contributed by atoms with van der Waals surface area (Å²) in [4.78, 5) is 0. The highest BCUT2D eigenvalue weighted by Gasteiger charge is 1.79. The smallest absolute Gasteiger partial charge is 0.162 e. The van der Waals surface area contributed by atoms with Crippen molar-refractivity contribution in [1.29, 1.82) is 0 Å². The van der Waals surface area contributed by atoms with Gasteiger partial charge in [-0.15, -0.1) is 0 Å². The van der Waals surface area contributed by atoms with Gasteiger partial charge < -0.3 is 8.85 Å². The molecule has 0 atom stereocenters. The fraction of sp³-hybridized carbons (Fsp3) is 0.600. The molecule has 0 spiro atoms. The second-order valence-electron chi connectivity index (χ2n) is 2.71. The average Bonchev–Trinajstić information content (AvgIpc) is 2.21. The predicted octanol–water partition coefficient (Wildman–Crippen LogP) is 0.0704. The van der Waals surface area contributed by atoms with E-state index in [1.807, 2.05) is 0 Å². The van der Waals surface area contributed by atoms with Crippen molar-refractivity contribution < 1.29 is 8.85 Å². The molecule has 0 radical (unpaired) electrons. The summed E-state index contributed by atoms with van der Waals surface area (Å²) in [6.45, 7) is 5.35. The van der Waals surface area contributed by atoms with Crippen LogP contribution in [0.15, 0.2) is 0 Å². The molecule has 0 rings (SSSR count). The Morgan fingerprint density at radius 1 is 0.857 bits per heavy atom. The van der Waals surface area contributed by atoms with Crippen LogP contribution in [0.4, 0.5) is 0 Å². The maximum atomic E-state index is 5.30. The summed E-state index contributed by atoms with van der Waals surface area (Å²) < 4.78 is 10.6. The van der Waals surface area contributed by atoms with E-state index in [0.29, 0.717) is 13.2 Å². The summed E-state index contributed by atoms with van der Waals surface area (Å²) in [6.07, 6.45) is 0. The predicted molar refractivity (Wildman–Crippen MR) is 65.5 cm³/mol. The molecule has 0 amide bonds. The van der Waals surface area contributed by atoms with E-state index in [2.05, 4.69) is 37.5 Å². The fourth-order valence-electron chi connectivity index (χ4n) is 0.696. The summed E-state index contributed by atoms with van der Waals surface area (Å²) in [6, 6.07) is 2.34. The first-order chi connectivity index (χ1) is 6.91. The van der Waals surface area contributed by atoms with Gasteiger partial charge in [0.2, 0.25) is 0 Å². The van der Waals surface area contributed by atoms with Crippen LogP contribution in [-0.4, -0.2) is 32.7 Å². The topological polar surface area (TPSA) is 18.5 Å². The lowest BCUT2D eigenvalue weighted by molar-refractivity contribution is 0.393. The largest absolute Gasteiger partial charge is 0.413 e. The molecule has 14 heavy (non-hydrogen) atoms. The molecule has 0 aromatic rings. The Labute approximate surface area is 91.6 Å². The van der Waals surface area contributed by atoms with E-state index >= 15 is 0 Å². The minimum absolute atomic E-state index is 0.299. The Balaban J connectivity index is 3.29. The number of hydrogen-bond donors (Lipinski definition) is 0. The second-order valence-corrected chi connectivity index (χ2v) is 6.34. The number of hydrogen-bond acceptors (Lipinski definition) is 2. The maximum absolute atomic E-state index is 5.30. The molecule has 0 aliphatic carbocycles. The van der Waals surface area contributed by atoms with Crippen molar-refractivity contribution in [2.75, 3.05) is 13.2 Å². The highest BCUT2D eigenvalue weighted by Crippen LogP contribution is 1.76. The van der Waals surface area contributed by atoms with E-state index in [1.54, 1.807) is 0 Å². The molecule has 0 saturated carbocycles. The van der Waals surface area contributed by atoms with Gasteiger partial charge in [-0.25, -0.2) is 0 Å². The van der Waals surface area contributed by atoms with E-state index in [1.165, 1.54) is 12.1 Å². The van der Waals surface area contributed by atoms with Gasteiger partial charge in [0, 0.05) is 0 Å². The molecule has 4 heteroatoms. The Hall–Kier alpha value is -0.526. The summed E-state index contributed by atoms with van der Waals surface area (Å²) in [5, 5.41) is 0. The van der Waals surface area contributed by atoms with E-state index in [4.69, 9.17) is 8.85 Å². The van der Waals surface area contributed by atoms with Crippen LogP contribution in [0.2, 0.25) is 12.1 Å². The third-order valence-corrected chi connectivity index (χ3v) is 3.09. The minimum atomic E-state index is -0.299. The standard InChI is InChI=1S/C10H18O2Si2/c1-3-13-11-9-7-5-6-8-10-12-14-4-2/h3-4,9-10,13-14H2,1-2H3. The van der Waals surface area contributed by atoms with Gasteiger partial charge in [0.25, 0.3) is 0 Å². The molecule has 0 N–H and O–H groups in total. The highest BCUT2D eigenvalue weighted by molar-refractivity contribution is 6.27. The van der Waals surface area contributed by atoms with Gasteiger partial charge in [0.1, 0.15) is 0 Å². The molecule has 0 aliphatic rings. The molecule has 0 unspecified atom stereocenters. The van der Waals surface area contributed by atoms with Crippen molar-refractivity contribution in [2.45, 2.75) is 25.9 Å². The van der Waals surface area contributed by atoms with Crippen molar-refractivity contribution in [1.82, 2.24) is 0 Å². The Morgan fingerprint density at radius 2 is 1.29 bits per heavy atom. The summed E-state index contributed by atoms with van der Waals surface area (Å²) in [5.41, 5.74) is 0. The molecule has 0 heterocycles. The molecule has 78 valence electrons. The lowest BCUT2D eigenvalue weighted by Gasteiger charge is -1.91. The summed E-state index contributed by atoms with van der Waals surface area (Å²) in [5.74, 6) is 11.2. The first-order valence-corrected chi connectivity index (χ1v) is 8.18. The van der Waals surface area contributed by atoms with Crippen molar-refractivity contribution >= 4 is 19.5 Å². The highest BCUT2D eigenvalue weighted by atomic mass is 28.2. The lowest BCUT2D eigenvalue weighted by atomic mass is 10.5. The molecular weight excluding hydrogens is 208 g/mol. The average molecular weight is 226 g/mol. The molecule has 2 nitrogen and oxygen atoms in total. The van der Waals surface area contributed by atoms with Gasteiger partial charge in [-0.3, -0.25) is 0 Å². The third-order valence-electron chi connectivity index (χ3n) is 1.28. The van der Waals surface area contributed by atoms with Crippen molar-refractivity contribution in [3.8, 4) is 23.7 Å². The Bertz CT molecular complexity index is 206. The Kier molecular flexibility index (Phi) is 12.0. The zero-order valence-corrected chi connectivity index (χ0v) is 11.9. The summed E-state index contributed by atoms with van der Waals surface area (Å²) in [7, 11) is -0.598. The van der Waals surface area contributed by atoms with Crippen LogP contribution >= 0.6 is 0 Å². The van der Waals surface area contributed by atoms with Gasteiger partial charge in [-0.1, -0.05) is 25.7 Å². The van der Waals surface area contributed by atoms with Gasteiger partial charge in [0.05, 0.1) is 13.2 Å². The van der Waals surface area contributed by atoms with Gasteiger partial charge in [-0.2, -0.15) is 0 Å². The first-order valence-electron chi connectivity index (χ1n) is 5.03. The van der Waals surface area contributed by atoms with E-state index in [-0.39, 0.29) is 19.5 Å². The molecule has 0 aromatic heterocycles. The molecule has 0 bridgehead atoms. The molecule has 0 aromatic carbocycles. The quantitative estimate of drug-likeness (QED) is 0.363. The Morgan fingerprint density at radius 3 is 1.64 bits per heavy atom. The lowest BCUT2D eigenvalue weighted by Crippen LogP contribution is -1.96. The maximum Gasteiger partial charge on any atom is 0.162 e. The second kappa shape index (κ2) is 12.5. The van der Waals surface area contributed by atoms with E-state index in [9.17, 15) is 0 Å². The normalized spacial score (nSPS) is 10.1. The van der Waals surface area contributed by atoms with Gasteiger partial charge in [0.15, 0.2) is 19.5 Å². The van der Waals surface area contributed by atoms with Crippen LogP contribution in [-0.2, 0) is 8.85 Å². The van der Waals surface area contributed by atoms with E-state index < -0.39 is 0 Å². The van der Waals surface area contributed by atoms with Crippen LogP contribution in [0, 0.1) is 23.7 Å². The van der Waals surface area contributed by atoms with Crippen LogP contribution in [0.1, 0.15) is 13.8 Å². The molecule has 0 fully saturated rings. The van der Waals surface area contributed by atoms with Gasteiger partial charge >= 0.3 is 0 Å². The van der Waals surface area contributed by atoms with Crippen molar-refractivity contribution in [3.63, 3.8) is 0 Å². The van der Waals surface area contributed by atoms with E-state index in [0.717, 1.165) is 0 Å². The summed E-state index contributed by atoms with van der Waals surface area (Å²) >= 11 is 0. The monoisotopic (exact) mass is 226 g/mol. The van der Waals surface area contributed by atoms with Gasteiger partial charge in [-0.05, 0) is 23.9 Å². The zero-order chi connectivity index (χ0) is 10.5. The third kappa shape index (κ3) is 11.5. The SMILES string of the molecule is CC[SiH2]OCC#CC#CCO[SiH2]CC. The minimum Gasteiger partial charge on any atom is -0.413 e. The van der Waals surface area contributed by atoms with Crippen molar-refractivity contribution in [3.05, 3.63) is 0 Å². The zero-order valence-electron chi connectivity index (χ0n) is 9.06. The van der Waals surface area contributed by atoms with Crippen LogP contribution in [0.25, 0.3) is 0 Å². The first kappa shape index (κ1) is 13.5. The van der Waals surface area contributed by atoms with Crippen LogP contribution < -0.4 is 0 Å². The molecular formula is C10H18O2Si2. The number of rotatable bonds is 6. The molecule has 0 aliphatic heterocycles. The van der Waals surface area contributed by atoms with Crippen molar-refractivity contribution in [2.24, 2.45) is 0 Å².